The number of methoxy groups -OCH3 is 3. The highest BCUT2D eigenvalue weighted by Gasteiger charge is 2.07. The highest BCUT2D eigenvalue weighted by atomic mass is 19.1. The van der Waals surface area contributed by atoms with Crippen LogP contribution in [0.2, 0.25) is 0 Å². The average molecular weight is 361 g/mol. The number of aryl methyl sites for hydroxylation is 1. The van der Waals surface area contributed by atoms with E-state index in [2.05, 4.69) is 5.32 Å². The number of hydrogen-bond acceptors (Lipinski definition) is 4. The van der Waals surface area contributed by atoms with Crippen LogP contribution in [-0.4, -0.2) is 33.8 Å². The van der Waals surface area contributed by atoms with E-state index in [0.717, 1.165) is 11.1 Å². The zero-order valence-corrected chi connectivity index (χ0v) is 15.3. The van der Waals surface area contributed by atoms with Gasteiger partial charge in [-0.2, -0.15) is 0 Å². The first-order valence-corrected chi connectivity index (χ1v) is 8.37. The van der Waals surface area contributed by atoms with Gasteiger partial charge in [0.2, 0.25) is 5.91 Å². The lowest BCUT2D eigenvalue weighted by Crippen LogP contribution is -2.25. The molecular formula is C20H24FNO4. The number of carbonyl (C=O) groups excluding carboxylic acids is 1. The van der Waals surface area contributed by atoms with E-state index in [0.29, 0.717) is 37.3 Å². The number of carbonyl (C=O) groups is 1. The van der Waals surface area contributed by atoms with Gasteiger partial charge in [0.25, 0.3) is 0 Å². The number of rotatable bonds is 9. The molecule has 0 saturated heterocycles. The summed E-state index contributed by atoms with van der Waals surface area (Å²) < 4.78 is 29.0. The number of amides is 1. The summed E-state index contributed by atoms with van der Waals surface area (Å²) in [5.74, 6) is 1.05. The molecule has 2 aromatic rings. The van der Waals surface area contributed by atoms with Crippen molar-refractivity contribution in [2.75, 3.05) is 27.9 Å². The van der Waals surface area contributed by atoms with Crippen molar-refractivity contribution in [2.24, 2.45) is 0 Å². The predicted octanol–water partition coefficient (Wildman–Crippen LogP) is 3.14. The van der Waals surface area contributed by atoms with Crippen LogP contribution in [0.25, 0.3) is 0 Å². The molecule has 0 spiro atoms. The van der Waals surface area contributed by atoms with E-state index in [9.17, 15) is 9.18 Å². The summed E-state index contributed by atoms with van der Waals surface area (Å²) in [5, 5.41) is 2.88. The fourth-order valence-electron chi connectivity index (χ4n) is 2.59. The summed E-state index contributed by atoms with van der Waals surface area (Å²) in [4.78, 5) is 12.0. The summed E-state index contributed by atoms with van der Waals surface area (Å²) in [7, 11) is 4.60. The Bertz CT molecular complexity index is 749. The highest BCUT2D eigenvalue weighted by molar-refractivity contribution is 5.76. The minimum atomic E-state index is -0.418. The van der Waals surface area contributed by atoms with Gasteiger partial charge in [-0.1, -0.05) is 12.1 Å². The van der Waals surface area contributed by atoms with Crippen LogP contribution in [0.5, 0.6) is 17.2 Å². The summed E-state index contributed by atoms with van der Waals surface area (Å²) in [6.07, 6.45) is 1.46. The van der Waals surface area contributed by atoms with Crippen LogP contribution in [-0.2, 0) is 17.6 Å². The van der Waals surface area contributed by atoms with Gasteiger partial charge in [0.1, 0.15) is 0 Å². The third-order valence-corrected chi connectivity index (χ3v) is 4.04. The molecule has 0 heterocycles. The Kier molecular flexibility index (Phi) is 7.26. The Morgan fingerprint density at radius 2 is 1.50 bits per heavy atom. The van der Waals surface area contributed by atoms with Crippen molar-refractivity contribution in [3.63, 3.8) is 0 Å². The van der Waals surface area contributed by atoms with Crippen molar-refractivity contribution < 1.29 is 23.4 Å². The van der Waals surface area contributed by atoms with Crippen molar-refractivity contribution in [1.82, 2.24) is 5.32 Å². The topological polar surface area (TPSA) is 56.8 Å². The molecule has 0 fully saturated rings. The van der Waals surface area contributed by atoms with Crippen LogP contribution in [0.1, 0.15) is 17.5 Å². The number of hydrogen-bond donors (Lipinski definition) is 1. The minimum Gasteiger partial charge on any atom is -0.494 e. The largest absolute Gasteiger partial charge is 0.494 e. The molecule has 140 valence electrons. The lowest BCUT2D eigenvalue weighted by atomic mass is 10.1. The van der Waals surface area contributed by atoms with E-state index in [4.69, 9.17) is 14.2 Å². The quantitative estimate of drug-likeness (QED) is 0.745. The van der Waals surface area contributed by atoms with Crippen LogP contribution in [0.4, 0.5) is 4.39 Å². The number of halogens is 1. The lowest BCUT2D eigenvalue weighted by molar-refractivity contribution is -0.121. The Hall–Kier alpha value is -2.76. The van der Waals surface area contributed by atoms with Gasteiger partial charge >= 0.3 is 0 Å². The molecule has 1 N–H and O–H groups in total. The van der Waals surface area contributed by atoms with Gasteiger partial charge in [-0.25, -0.2) is 4.39 Å². The van der Waals surface area contributed by atoms with Crippen molar-refractivity contribution >= 4 is 5.91 Å². The van der Waals surface area contributed by atoms with Gasteiger partial charge in [0.15, 0.2) is 23.1 Å². The Morgan fingerprint density at radius 3 is 2.12 bits per heavy atom. The molecule has 5 nitrogen and oxygen atoms in total. The maximum absolute atomic E-state index is 13.6. The Labute approximate surface area is 153 Å². The summed E-state index contributed by atoms with van der Waals surface area (Å²) in [6.45, 7) is 0.519. The van der Waals surface area contributed by atoms with E-state index >= 15 is 0 Å². The van der Waals surface area contributed by atoms with Crippen LogP contribution in [0.15, 0.2) is 36.4 Å². The van der Waals surface area contributed by atoms with E-state index in [-0.39, 0.29) is 11.7 Å². The molecule has 0 saturated carbocycles. The molecule has 0 aliphatic heterocycles. The fourth-order valence-corrected chi connectivity index (χ4v) is 2.59. The highest BCUT2D eigenvalue weighted by Crippen LogP contribution is 2.27. The second-order valence-corrected chi connectivity index (χ2v) is 5.76. The van der Waals surface area contributed by atoms with E-state index in [1.54, 1.807) is 26.4 Å². The SMILES string of the molecule is COc1ccc(CCC(=O)NCCc2ccc(OC)c(OC)c2)cc1F. The number of nitrogens with one attached hydrogen (secondary N) is 1. The van der Waals surface area contributed by atoms with Gasteiger partial charge in [-0.05, 0) is 48.2 Å². The van der Waals surface area contributed by atoms with Crippen molar-refractivity contribution in [2.45, 2.75) is 19.3 Å². The van der Waals surface area contributed by atoms with Crippen LogP contribution in [0.3, 0.4) is 0 Å². The lowest BCUT2D eigenvalue weighted by Gasteiger charge is -2.10. The molecule has 0 radical (unpaired) electrons. The first-order valence-electron chi connectivity index (χ1n) is 8.37. The third-order valence-electron chi connectivity index (χ3n) is 4.04. The molecule has 2 aromatic carbocycles. The number of benzene rings is 2. The predicted molar refractivity (Wildman–Crippen MR) is 97.5 cm³/mol. The van der Waals surface area contributed by atoms with Crippen LogP contribution >= 0.6 is 0 Å². The molecular weight excluding hydrogens is 337 g/mol. The molecule has 0 aliphatic rings. The smallest absolute Gasteiger partial charge is 0.220 e. The van der Waals surface area contributed by atoms with E-state index < -0.39 is 5.82 Å². The molecule has 0 atom stereocenters. The Morgan fingerprint density at radius 1 is 0.885 bits per heavy atom. The van der Waals surface area contributed by atoms with Crippen molar-refractivity contribution in [3.05, 3.63) is 53.3 Å². The first-order chi connectivity index (χ1) is 12.6. The minimum absolute atomic E-state index is 0.0679. The summed E-state index contributed by atoms with van der Waals surface area (Å²) in [5.41, 5.74) is 1.80. The fraction of sp³-hybridized carbons (Fsp3) is 0.350. The van der Waals surface area contributed by atoms with Crippen molar-refractivity contribution in [3.8, 4) is 17.2 Å². The van der Waals surface area contributed by atoms with Crippen molar-refractivity contribution in [1.29, 1.82) is 0 Å². The normalized spacial score (nSPS) is 10.3. The summed E-state index contributed by atoms with van der Waals surface area (Å²) >= 11 is 0. The summed E-state index contributed by atoms with van der Waals surface area (Å²) in [6, 6.07) is 10.4. The molecule has 0 unspecified atom stereocenters. The number of ether oxygens (including phenoxy) is 3. The second-order valence-electron chi connectivity index (χ2n) is 5.76. The van der Waals surface area contributed by atoms with Gasteiger partial charge in [-0.15, -0.1) is 0 Å². The molecule has 1 amide bonds. The molecule has 0 aliphatic carbocycles. The van der Waals surface area contributed by atoms with E-state index in [1.807, 2.05) is 18.2 Å². The molecule has 0 aromatic heterocycles. The molecule has 0 bridgehead atoms. The average Bonchev–Trinajstić information content (AvgIpc) is 2.66. The molecule has 2 rings (SSSR count). The van der Waals surface area contributed by atoms with Gasteiger partial charge in [0.05, 0.1) is 21.3 Å². The van der Waals surface area contributed by atoms with Gasteiger partial charge in [0, 0.05) is 13.0 Å². The van der Waals surface area contributed by atoms with Gasteiger partial charge < -0.3 is 19.5 Å². The second kappa shape index (κ2) is 9.65. The molecule has 6 heteroatoms. The van der Waals surface area contributed by atoms with E-state index in [1.165, 1.54) is 13.2 Å². The first kappa shape index (κ1) is 19.6. The monoisotopic (exact) mass is 361 g/mol. The van der Waals surface area contributed by atoms with Crippen LogP contribution < -0.4 is 19.5 Å². The maximum atomic E-state index is 13.6. The van der Waals surface area contributed by atoms with Crippen LogP contribution in [0, 0.1) is 5.82 Å². The third kappa shape index (κ3) is 5.37. The van der Waals surface area contributed by atoms with Gasteiger partial charge in [-0.3, -0.25) is 4.79 Å². The standard InChI is InChI=1S/C20H24FNO4/c1-24-17-7-4-14(12-16(17)21)6-9-20(23)22-11-10-15-5-8-18(25-2)19(13-15)26-3/h4-5,7-8,12-13H,6,9-11H2,1-3H3,(H,22,23). The Balaban J connectivity index is 1.78. The zero-order chi connectivity index (χ0) is 18.9. The zero-order valence-electron chi connectivity index (χ0n) is 15.3. The maximum Gasteiger partial charge on any atom is 0.220 e. The molecule has 26 heavy (non-hydrogen) atoms.